The number of ether oxygens (including phenoxy) is 2. The summed E-state index contributed by atoms with van der Waals surface area (Å²) in [6, 6.07) is 17.2. The number of carbonyl (C=O) groups is 4. The van der Waals surface area contributed by atoms with Crippen molar-refractivity contribution in [2.45, 2.75) is 76.5 Å². The number of aromatic amines is 2. The SMILES string of the molecule is COC(=O)NC(C(=O)N1CCC[C@H]1c1ncc(-c2ccc3cc(-c4ccc5c(c4)CCc4[nH]c([C@@H]6CCCN6C(=O)[C@@H](NC(=O)OC)C(C)C)nc4-5)ccc3c2)[nH]1)c1cnccn1. The maximum atomic E-state index is 13.9. The van der Waals surface area contributed by atoms with Crippen LogP contribution in [0, 0.1) is 5.92 Å². The maximum Gasteiger partial charge on any atom is 0.407 e. The zero-order valence-electron chi connectivity index (χ0n) is 35.7. The van der Waals surface area contributed by atoms with E-state index < -0.39 is 24.3 Å². The molecule has 2 fully saturated rings. The molecule has 5 heterocycles. The predicted molar refractivity (Wildman–Crippen MR) is 234 cm³/mol. The minimum absolute atomic E-state index is 0.105. The Kier molecular flexibility index (Phi) is 11.4. The largest absolute Gasteiger partial charge is 0.453 e. The summed E-state index contributed by atoms with van der Waals surface area (Å²) < 4.78 is 9.60. The van der Waals surface area contributed by atoms with Crippen molar-refractivity contribution in [2.24, 2.45) is 5.92 Å². The molecule has 0 saturated carbocycles. The number of carbonyl (C=O) groups excluding carboxylic acids is 4. The van der Waals surface area contributed by atoms with Gasteiger partial charge in [-0.2, -0.15) is 0 Å². The summed E-state index contributed by atoms with van der Waals surface area (Å²) in [6.45, 7) is 4.94. The molecule has 3 aromatic heterocycles. The van der Waals surface area contributed by atoms with Crippen LogP contribution in [0.2, 0.25) is 0 Å². The number of methoxy groups -OCH3 is 2. The van der Waals surface area contributed by atoms with E-state index >= 15 is 0 Å². The topological polar surface area (TPSA) is 200 Å². The van der Waals surface area contributed by atoms with Crippen molar-refractivity contribution in [2.75, 3.05) is 27.3 Å². The van der Waals surface area contributed by atoms with Gasteiger partial charge in [-0.25, -0.2) is 19.6 Å². The predicted octanol–water partition coefficient (Wildman–Crippen LogP) is 6.98. The Bertz CT molecular complexity index is 2700. The van der Waals surface area contributed by atoms with Gasteiger partial charge in [0.15, 0.2) is 6.04 Å². The number of fused-ring (bicyclic) bond motifs is 4. The van der Waals surface area contributed by atoms with Gasteiger partial charge in [0.05, 0.1) is 55.8 Å². The average molecular weight is 851 g/mol. The normalized spacial score (nSPS) is 17.9. The summed E-state index contributed by atoms with van der Waals surface area (Å²) in [5, 5.41) is 7.54. The third kappa shape index (κ3) is 8.08. The van der Waals surface area contributed by atoms with E-state index in [1.807, 2.05) is 18.7 Å². The minimum atomic E-state index is -1.05. The molecule has 16 nitrogen and oxygen atoms in total. The number of amides is 4. The molecule has 2 saturated heterocycles. The van der Waals surface area contributed by atoms with E-state index in [-0.39, 0.29) is 29.8 Å². The van der Waals surface area contributed by atoms with Gasteiger partial charge in [0, 0.05) is 42.3 Å². The second-order valence-corrected chi connectivity index (χ2v) is 16.7. The van der Waals surface area contributed by atoms with E-state index in [1.54, 1.807) is 11.1 Å². The number of benzene rings is 3. The highest BCUT2D eigenvalue weighted by Gasteiger charge is 2.39. The number of alkyl carbamates (subject to hydrolysis) is 2. The zero-order valence-corrected chi connectivity index (χ0v) is 35.7. The molecule has 1 aliphatic carbocycles. The molecule has 4 amide bonds. The number of aromatic nitrogens is 6. The van der Waals surface area contributed by atoms with E-state index in [9.17, 15) is 19.2 Å². The fourth-order valence-corrected chi connectivity index (χ4v) is 9.28. The molecule has 9 rings (SSSR count). The second-order valence-electron chi connectivity index (χ2n) is 16.7. The van der Waals surface area contributed by atoms with E-state index in [0.717, 1.165) is 94.5 Å². The summed E-state index contributed by atoms with van der Waals surface area (Å²) in [6.07, 6.45) is 9.75. The zero-order chi connectivity index (χ0) is 43.8. The van der Waals surface area contributed by atoms with Crippen LogP contribution < -0.4 is 10.6 Å². The monoisotopic (exact) mass is 850 g/mol. The molecule has 16 heteroatoms. The summed E-state index contributed by atoms with van der Waals surface area (Å²) in [5.41, 5.74) is 8.73. The number of nitrogens with zero attached hydrogens (tertiary/aromatic N) is 6. The average Bonchev–Trinajstić information content (AvgIpc) is 4.16. The van der Waals surface area contributed by atoms with E-state index in [0.29, 0.717) is 24.6 Å². The van der Waals surface area contributed by atoms with Crippen molar-refractivity contribution >= 4 is 34.8 Å². The molecule has 1 unspecified atom stereocenters. The van der Waals surface area contributed by atoms with Crippen molar-refractivity contribution < 1.29 is 28.7 Å². The maximum absolute atomic E-state index is 13.9. The van der Waals surface area contributed by atoms with Gasteiger partial charge in [0.1, 0.15) is 17.7 Å². The Labute approximate surface area is 364 Å². The van der Waals surface area contributed by atoms with Gasteiger partial charge < -0.3 is 39.9 Å². The Morgan fingerprint density at radius 1 is 0.730 bits per heavy atom. The molecule has 4 atom stereocenters. The Morgan fingerprint density at radius 2 is 1.40 bits per heavy atom. The first-order valence-corrected chi connectivity index (χ1v) is 21.5. The van der Waals surface area contributed by atoms with Crippen LogP contribution in [0.4, 0.5) is 9.59 Å². The van der Waals surface area contributed by atoms with Crippen LogP contribution in [0.5, 0.6) is 0 Å². The van der Waals surface area contributed by atoms with Crippen LogP contribution in [0.25, 0.3) is 44.4 Å². The lowest BCUT2D eigenvalue weighted by molar-refractivity contribution is -0.136. The smallest absolute Gasteiger partial charge is 0.407 e. The fourth-order valence-electron chi connectivity index (χ4n) is 9.28. The third-order valence-corrected chi connectivity index (χ3v) is 12.5. The molecule has 63 heavy (non-hydrogen) atoms. The first kappa shape index (κ1) is 41.3. The molecule has 0 radical (unpaired) electrons. The van der Waals surface area contributed by atoms with Gasteiger partial charge in [0.25, 0.3) is 5.91 Å². The standard InChI is InChI=1S/C47H50N10O6/c1-26(2)39(54-46(60)62-3)44(58)57-20-6-8-38(57)43-51-34-16-14-31-22-30(13-15-33(31)40(34)53-43)27-9-10-29-23-32(12-11-28(29)21-27)35-25-50-42(52-35)37-7-5-19-56(37)45(59)41(55-47(61)63-4)36-24-48-17-18-49-36/h9-13,15,17-18,21-26,37-39,41H,5-8,14,16,19-20H2,1-4H3,(H,50,52)(H,51,53)(H,54,60)(H,55,61)/t37-,38-,39-,41?/m0/s1. The van der Waals surface area contributed by atoms with Crippen LogP contribution in [0.1, 0.15) is 86.3 Å². The van der Waals surface area contributed by atoms with Crippen LogP contribution >= 0.6 is 0 Å². The van der Waals surface area contributed by atoms with Crippen molar-refractivity contribution in [1.82, 2.24) is 50.3 Å². The summed E-state index contributed by atoms with van der Waals surface area (Å²) in [5.74, 6) is 0.926. The van der Waals surface area contributed by atoms with Gasteiger partial charge in [-0.15, -0.1) is 0 Å². The Hall–Kier alpha value is -7.10. The van der Waals surface area contributed by atoms with Crippen molar-refractivity contribution in [3.05, 3.63) is 108 Å². The molecule has 4 N–H and O–H groups in total. The lowest BCUT2D eigenvalue weighted by Crippen LogP contribution is -2.51. The number of imidazole rings is 2. The van der Waals surface area contributed by atoms with Crippen molar-refractivity contribution in [3.63, 3.8) is 0 Å². The van der Waals surface area contributed by atoms with Gasteiger partial charge >= 0.3 is 12.2 Å². The molecule has 0 bridgehead atoms. The van der Waals surface area contributed by atoms with Gasteiger partial charge in [-0.05, 0) is 84.0 Å². The molecular formula is C47H50N10O6. The van der Waals surface area contributed by atoms with E-state index in [4.69, 9.17) is 19.4 Å². The number of hydrogen-bond donors (Lipinski definition) is 4. The summed E-state index contributed by atoms with van der Waals surface area (Å²) >= 11 is 0. The fraction of sp³-hybridized carbons (Fsp3) is 0.362. The Morgan fingerprint density at radius 3 is 2.11 bits per heavy atom. The van der Waals surface area contributed by atoms with Gasteiger partial charge in [-0.1, -0.05) is 56.3 Å². The number of hydrogen-bond acceptors (Lipinski definition) is 10. The van der Waals surface area contributed by atoms with Crippen LogP contribution in [-0.4, -0.2) is 97.1 Å². The molecule has 2 aliphatic heterocycles. The van der Waals surface area contributed by atoms with Crippen LogP contribution in [0.15, 0.2) is 79.4 Å². The Balaban J connectivity index is 0.906. The van der Waals surface area contributed by atoms with Crippen LogP contribution in [-0.2, 0) is 31.9 Å². The van der Waals surface area contributed by atoms with E-state index in [2.05, 4.69) is 85.2 Å². The number of likely N-dealkylation sites (tertiary alicyclic amines) is 2. The van der Waals surface area contributed by atoms with Crippen molar-refractivity contribution in [1.29, 1.82) is 0 Å². The summed E-state index contributed by atoms with van der Waals surface area (Å²) in [7, 11) is 2.55. The molecular weight excluding hydrogens is 801 g/mol. The number of H-pyrrole nitrogens is 2. The quantitative estimate of drug-likeness (QED) is 0.111. The molecule has 6 aromatic rings. The molecule has 3 aliphatic rings. The first-order valence-electron chi connectivity index (χ1n) is 21.5. The highest BCUT2D eigenvalue weighted by atomic mass is 16.5. The van der Waals surface area contributed by atoms with Crippen LogP contribution in [0.3, 0.4) is 0 Å². The van der Waals surface area contributed by atoms with Crippen molar-refractivity contribution in [3.8, 4) is 33.6 Å². The molecule has 3 aromatic carbocycles. The highest BCUT2D eigenvalue weighted by molar-refractivity contribution is 5.91. The lowest BCUT2D eigenvalue weighted by atomic mass is 9.89. The lowest BCUT2D eigenvalue weighted by Gasteiger charge is -2.30. The number of nitrogens with one attached hydrogen (secondary N) is 4. The third-order valence-electron chi connectivity index (χ3n) is 12.5. The molecule has 0 spiro atoms. The van der Waals surface area contributed by atoms with Gasteiger partial charge in [0.2, 0.25) is 5.91 Å². The molecule has 324 valence electrons. The number of aryl methyl sites for hydroxylation is 2. The minimum Gasteiger partial charge on any atom is -0.453 e. The van der Waals surface area contributed by atoms with E-state index in [1.165, 1.54) is 38.4 Å². The number of rotatable bonds is 10. The summed E-state index contributed by atoms with van der Waals surface area (Å²) in [4.78, 5) is 80.8. The highest BCUT2D eigenvalue weighted by Crippen LogP contribution is 2.40. The second kappa shape index (κ2) is 17.3. The van der Waals surface area contributed by atoms with Gasteiger partial charge in [-0.3, -0.25) is 19.6 Å². The first-order chi connectivity index (χ1) is 30.6.